The molecule has 0 radical (unpaired) electrons. The van der Waals surface area contributed by atoms with Gasteiger partial charge >= 0.3 is 0 Å². The largest absolute Gasteiger partial charge is 0.372 e. The highest BCUT2D eigenvalue weighted by Crippen LogP contribution is 2.27. The molecule has 1 aliphatic carbocycles. The van der Waals surface area contributed by atoms with Gasteiger partial charge in [-0.3, -0.25) is 4.79 Å². The van der Waals surface area contributed by atoms with Crippen molar-refractivity contribution in [1.29, 1.82) is 0 Å². The van der Waals surface area contributed by atoms with Crippen LogP contribution >= 0.6 is 11.3 Å². The van der Waals surface area contributed by atoms with E-state index in [4.69, 9.17) is 10.5 Å². The molecule has 0 amide bonds. The zero-order chi connectivity index (χ0) is 13.3. The van der Waals surface area contributed by atoms with Crippen molar-refractivity contribution >= 4 is 21.6 Å². The minimum Gasteiger partial charge on any atom is -0.372 e. The van der Waals surface area contributed by atoms with Gasteiger partial charge in [-0.2, -0.15) is 0 Å². The summed E-state index contributed by atoms with van der Waals surface area (Å²) in [5.41, 5.74) is 6.66. The molecule has 0 bridgehead atoms. The first-order valence-corrected chi connectivity index (χ1v) is 7.37. The first kappa shape index (κ1) is 12.8. The fourth-order valence-corrected chi connectivity index (χ4v) is 3.29. The molecule has 2 aromatic heterocycles. The van der Waals surface area contributed by atoms with Crippen molar-refractivity contribution in [2.75, 3.05) is 6.61 Å². The molecule has 0 saturated heterocycles. The maximum absolute atomic E-state index is 11.8. The van der Waals surface area contributed by atoms with E-state index in [0.29, 0.717) is 23.7 Å². The van der Waals surface area contributed by atoms with Crippen molar-refractivity contribution in [3.05, 3.63) is 27.6 Å². The van der Waals surface area contributed by atoms with Gasteiger partial charge in [0.1, 0.15) is 17.1 Å². The number of rotatable bonds is 4. The first-order valence-electron chi connectivity index (χ1n) is 6.49. The molecule has 6 heteroatoms. The smallest absolute Gasteiger partial charge is 0.268 e. The second kappa shape index (κ2) is 5.03. The van der Waals surface area contributed by atoms with Crippen LogP contribution in [0.25, 0.3) is 10.2 Å². The lowest BCUT2D eigenvalue weighted by molar-refractivity contribution is 0.0711. The SMILES string of the molecule is NC1(COCc2nc3ccsc3c(=O)[nH]2)CCCC1. The second-order valence-corrected chi connectivity index (χ2v) is 6.13. The van der Waals surface area contributed by atoms with Crippen molar-refractivity contribution in [2.24, 2.45) is 5.73 Å². The summed E-state index contributed by atoms with van der Waals surface area (Å²) in [5.74, 6) is 0.567. The highest BCUT2D eigenvalue weighted by Gasteiger charge is 2.29. The van der Waals surface area contributed by atoms with Gasteiger partial charge in [-0.25, -0.2) is 4.98 Å². The fraction of sp³-hybridized carbons (Fsp3) is 0.538. The lowest BCUT2D eigenvalue weighted by Crippen LogP contribution is -2.41. The molecule has 0 atom stereocenters. The molecule has 19 heavy (non-hydrogen) atoms. The van der Waals surface area contributed by atoms with Crippen LogP contribution in [0.1, 0.15) is 31.5 Å². The number of aromatic nitrogens is 2. The summed E-state index contributed by atoms with van der Waals surface area (Å²) >= 11 is 1.40. The summed E-state index contributed by atoms with van der Waals surface area (Å²) in [6.07, 6.45) is 4.38. The highest BCUT2D eigenvalue weighted by atomic mass is 32.1. The van der Waals surface area contributed by atoms with Crippen LogP contribution in [0.2, 0.25) is 0 Å². The van der Waals surface area contributed by atoms with Crippen LogP contribution < -0.4 is 11.3 Å². The van der Waals surface area contributed by atoms with Gasteiger partial charge in [0.25, 0.3) is 5.56 Å². The Morgan fingerprint density at radius 3 is 3.05 bits per heavy atom. The molecule has 3 N–H and O–H groups in total. The molecule has 0 aliphatic heterocycles. The number of thiophene rings is 1. The summed E-state index contributed by atoms with van der Waals surface area (Å²) in [6.45, 7) is 0.832. The van der Waals surface area contributed by atoms with Crippen molar-refractivity contribution in [3.8, 4) is 0 Å². The van der Waals surface area contributed by atoms with Crippen LogP contribution in [0.3, 0.4) is 0 Å². The molecule has 1 saturated carbocycles. The molecule has 0 unspecified atom stereocenters. The van der Waals surface area contributed by atoms with Gasteiger partial charge < -0.3 is 15.5 Å². The van der Waals surface area contributed by atoms with Crippen molar-refractivity contribution in [3.63, 3.8) is 0 Å². The predicted molar refractivity (Wildman–Crippen MR) is 75.3 cm³/mol. The molecule has 3 rings (SSSR count). The molecule has 0 aromatic carbocycles. The average molecular weight is 279 g/mol. The molecular formula is C13H17N3O2S. The topological polar surface area (TPSA) is 81.0 Å². The second-order valence-electron chi connectivity index (χ2n) is 5.21. The van der Waals surface area contributed by atoms with E-state index in [1.54, 1.807) is 0 Å². The number of hydrogen-bond acceptors (Lipinski definition) is 5. The number of nitrogens with zero attached hydrogens (tertiary/aromatic N) is 1. The van der Waals surface area contributed by atoms with E-state index >= 15 is 0 Å². The number of hydrogen-bond donors (Lipinski definition) is 2. The van der Waals surface area contributed by atoms with Gasteiger partial charge in [-0.15, -0.1) is 11.3 Å². The molecule has 102 valence electrons. The van der Waals surface area contributed by atoms with Gasteiger partial charge in [0, 0.05) is 5.54 Å². The Hall–Kier alpha value is -1.24. The summed E-state index contributed by atoms with van der Waals surface area (Å²) in [6, 6.07) is 1.85. The zero-order valence-corrected chi connectivity index (χ0v) is 11.5. The van der Waals surface area contributed by atoms with Crippen LogP contribution in [0, 0.1) is 0 Å². The van der Waals surface area contributed by atoms with E-state index in [2.05, 4.69) is 9.97 Å². The van der Waals surface area contributed by atoms with Crippen LogP contribution in [-0.4, -0.2) is 22.1 Å². The third-order valence-electron chi connectivity index (χ3n) is 3.59. The minimum absolute atomic E-state index is 0.0954. The van der Waals surface area contributed by atoms with E-state index in [9.17, 15) is 4.79 Å². The third kappa shape index (κ3) is 2.70. The quantitative estimate of drug-likeness (QED) is 0.893. The van der Waals surface area contributed by atoms with E-state index in [0.717, 1.165) is 18.4 Å². The number of nitrogens with one attached hydrogen (secondary N) is 1. The average Bonchev–Trinajstić information content (AvgIpc) is 2.98. The maximum atomic E-state index is 11.8. The third-order valence-corrected chi connectivity index (χ3v) is 4.49. The Bertz CT molecular complexity index is 628. The Labute approximate surface area is 114 Å². The van der Waals surface area contributed by atoms with Crippen molar-refractivity contribution in [2.45, 2.75) is 37.8 Å². The number of aromatic amines is 1. The lowest BCUT2D eigenvalue weighted by Gasteiger charge is -2.22. The normalized spacial score (nSPS) is 18.2. The van der Waals surface area contributed by atoms with E-state index in [1.165, 1.54) is 24.2 Å². The maximum Gasteiger partial charge on any atom is 0.268 e. The monoisotopic (exact) mass is 279 g/mol. The summed E-state index contributed by atoms with van der Waals surface area (Å²) in [4.78, 5) is 18.9. The molecule has 1 aliphatic rings. The molecular weight excluding hydrogens is 262 g/mol. The summed E-state index contributed by atoms with van der Waals surface area (Å²) < 4.78 is 6.29. The Morgan fingerprint density at radius 1 is 1.47 bits per heavy atom. The lowest BCUT2D eigenvalue weighted by atomic mass is 10.0. The molecule has 5 nitrogen and oxygen atoms in total. The van der Waals surface area contributed by atoms with E-state index in [1.807, 2.05) is 11.4 Å². The zero-order valence-electron chi connectivity index (χ0n) is 10.6. The molecule has 2 aromatic rings. The minimum atomic E-state index is -0.188. The van der Waals surface area contributed by atoms with E-state index < -0.39 is 0 Å². The number of ether oxygens (including phenoxy) is 1. The van der Waals surface area contributed by atoms with Gasteiger partial charge in [-0.05, 0) is 24.3 Å². The molecule has 1 fully saturated rings. The highest BCUT2D eigenvalue weighted by molar-refractivity contribution is 7.17. The number of fused-ring (bicyclic) bond motifs is 1. The van der Waals surface area contributed by atoms with Gasteiger partial charge in [0.2, 0.25) is 0 Å². The predicted octanol–water partition coefficient (Wildman–Crippen LogP) is 1.77. The van der Waals surface area contributed by atoms with Crippen molar-refractivity contribution < 1.29 is 4.74 Å². The van der Waals surface area contributed by atoms with Crippen molar-refractivity contribution in [1.82, 2.24) is 9.97 Å². The Balaban J connectivity index is 1.66. The molecule has 2 heterocycles. The number of nitrogens with two attached hydrogens (primary N) is 1. The summed E-state index contributed by atoms with van der Waals surface area (Å²) in [5, 5.41) is 1.87. The standard InChI is InChI=1S/C13H17N3O2S/c14-13(4-1-2-5-13)8-18-7-10-15-9-3-6-19-11(9)12(17)16-10/h3,6H,1-2,4-5,7-8,14H2,(H,15,16,17). The Morgan fingerprint density at radius 2 is 2.26 bits per heavy atom. The molecule has 0 spiro atoms. The van der Waals surface area contributed by atoms with E-state index in [-0.39, 0.29) is 11.1 Å². The Kier molecular flexibility index (Phi) is 3.38. The van der Waals surface area contributed by atoms with Gasteiger partial charge in [0.15, 0.2) is 0 Å². The van der Waals surface area contributed by atoms with Gasteiger partial charge in [0.05, 0.1) is 12.1 Å². The van der Waals surface area contributed by atoms with Crippen LogP contribution in [0.4, 0.5) is 0 Å². The number of H-pyrrole nitrogens is 1. The summed E-state index contributed by atoms with van der Waals surface area (Å²) in [7, 11) is 0. The van der Waals surface area contributed by atoms with Gasteiger partial charge in [-0.1, -0.05) is 12.8 Å². The first-order chi connectivity index (χ1) is 9.16. The van der Waals surface area contributed by atoms with Crippen LogP contribution in [0.15, 0.2) is 16.2 Å². The fourth-order valence-electron chi connectivity index (χ4n) is 2.56. The van der Waals surface area contributed by atoms with Crippen LogP contribution in [-0.2, 0) is 11.3 Å². The van der Waals surface area contributed by atoms with Crippen LogP contribution in [0.5, 0.6) is 0 Å².